The molecule has 3 heterocycles. The van der Waals surface area contributed by atoms with E-state index in [0.717, 1.165) is 19.3 Å². The largest absolute Gasteiger partial charge is 0.262 e. The number of aromatic nitrogens is 2. The zero-order valence-corrected chi connectivity index (χ0v) is 37.6. The van der Waals surface area contributed by atoms with Crippen LogP contribution in [0.25, 0.3) is 89.7 Å². The highest BCUT2D eigenvalue weighted by molar-refractivity contribution is 5.98. The van der Waals surface area contributed by atoms with Crippen molar-refractivity contribution in [2.75, 3.05) is 0 Å². The Balaban J connectivity index is 1.11. The molecule has 0 atom stereocenters. The van der Waals surface area contributed by atoms with Gasteiger partial charge in [0.15, 0.2) is 12.4 Å². The summed E-state index contributed by atoms with van der Waals surface area (Å²) < 4.78 is 4.80. The molecule has 0 fully saturated rings. The lowest BCUT2D eigenvalue weighted by molar-refractivity contribution is -0.594. The van der Waals surface area contributed by atoms with Gasteiger partial charge in [-0.2, -0.15) is 9.13 Å². The van der Waals surface area contributed by atoms with Crippen LogP contribution in [0.15, 0.2) is 200 Å². The van der Waals surface area contributed by atoms with Gasteiger partial charge in [0.1, 0.15) is 0 Å². The zero-order valence-electron chi connectivity index (χ0n) is 37.6. The summed E-state index contributed by atoms with van der Waals surface area (Å²) >= 11 is 0. The molecule has 0 radical (unpaired) electrons. The third-order valence-corrected chi connectivity index (χ3v) is 13.8. The van der Waals surface area contributed by atoms with Crippen LogP contribution in [-0.2, 0) is 11.8 Å². The summed E-state index contributed by atoms with van der Waals surface area (Å²) in [6.45, 7) is 9.20. The molecular weight excluding hydrogens is 773 g/mol. The van der Waals surface area contributed by atoms with Crippen LogP contribution in [0.1, 0.15) is 63.1 Å². The molecule has 9 aromatic rings. The molecule has 2 aromatic heterocycles. The predicted molar refractivity (Wildman–Crippen MR) is 269 cm³/mol. The van der Waals surface area contributed by atoms with E-state index in [2.05, 4.69) is 243 Å². The molecule has 0 saturated heterocycles. The second kappa shape index (κ2) is 17.5. The van der Waals surface area contributed by atoms with E-state index in [1.54, 1.807) is 0 Å². The molecule has 312 valence electrons. The van der Waals surface area contributed by atoms with Crippen LogP contribution in [0.4, 0.5) is 0 Å². The molecule has 10 rings (SSSR count). The minimum Gasteiger partial charge on any atom is -0.161 e. The number of benzene rings is 7. The summed E-state index contributed by atoms with van der Waals surface area (Å²) in [5.74, 6) is 0. The smallest absolute Gasteiger partial charge is 0.161 e. The summed E-state index contributed by atoms with van der Waals surface area (Å²) in [7, 11) is 0. The van der Waals surface area contributed by atoms with Crippen molar-refractivity contribution >= 4 is 22.7 Å². The van der Waals surface area contributed by atoms with Crippen LogP contribution in [0.5, 0.6) is 0 Å². The Morgan fingerprint density at radius 1 is 0.453 bits per heavy atom. The van der Waals surface area contributed by atoms with Crippen molar-refractivity contribution in [1.82, 2.24) is 0 Å². The molecule has 0 bridgehead atoms. The number of fused-ring (bicyclic) bond motifs is 4. The van der Waals surface area contributed by atoms with Gasteiger partial charge in [-0.3, -0.25) is 0 Å². The van der Waals surface area contributed by atoms with Crippen LogP contribution in [-0.4, -0.2) is 0 Å². The Hall–Kier alpha value is -7.16. The predicted octanol–water partition coefficient (Wildman–Crippen LogP) is 15.6. The molecule has 7 aromatic carbocycles. The fraction of sp³-hybridized carbons (Fsp3) is 0.161. The maximum Gasteiger partial charge on any atom is 0.262 e. The number of rotatable bonds is 11. The quantitative estimate of drug-likeness (QED) is 0.115. The third kappa shape index (κ3) is 7.47. The van der Waals surface area contributed by atoms with Crippen LogP contribution >= 0.6 is 0 Å². The normalized spacial score (nSPS) is 12.9. The molecule has 0 N–H and O–H groups in total. The lowest BCUT2D eigenvalue weighted by atomic mass is 9.71. The van der Waals surface area contributed by atoms with Crippen LogP contribution in [0, 0.1) is 6.92 Å². The van der Waals surface area contributed by atoms with Gasteiger partial charge in [0.25, 0.3) is 5.70 Å². The van der Waals surface area contributed by atoms with Crippen molar-refractivity contribution in [3.63, 3.8) is 0 Å². The highest BCUT2D eigenvalue weighted by atomic mass is 15.0. The van der Waals surface area contributed by atoms with Gasteiger partial charge in [0.2, 0.25) is 17.6 Å². The van der Waals surface area contributed by atoms with Gasteiger partial charge in [-0.05, 0) is 153 Å². The van der Waals surface area contributed by atoms with E-state index < -0.39 is 0 Å². The third-order valence-electron chi connectivity index (χ3n) is 13.8. The molecule has 0 aliphatic carbocycles. The molecule has 1 aliphatic rings. The van der Waals surface area contributed by atoms with E-state index >= 15 is 0 Å². The molecule has 2 heteroatoms. The first kappa shape index (κ1) is 40.9. The summed E-state index contributed by atoms with van der Waals surface area (Å²) in [6.07, 6.45) is 12.3. The molecule has 0 unspecified atom stereocenters. The summed E-state index contributed by atoms with van der Waals surface area (Å²) in [5.41, 5.74) is 19.8. The number of allylic oxidation sites excluding steroid dienone is 1. The highest BCUT2D eigenvalue weighted by Gasteiger charge is 2.47. The maximum atomic E-state index is 2.45. The average molecular weight is 829 g/mol. The van der Waals surface area contributed by atoms with E-state index in [1.807, 2.05) is 0 Å². The van der Waals surface area contributed by atoms with Gasteiger partial charge in [-0.15, -0.1) is 0 Å². The van der Waals surface area contributed by atoms with Crippen LogP contribution in [0.2, 0.25) is 0 Å². The number of aryl methyl sites for hydroxylation is 2. The van der Waals surface area contributed by atoms with Crippen molar-refractivity contribution in [2.24, 2.45) is 0 Å². The second-order valence-electron chi connectivity index (χ2n) is 17.5. The fourth-order valence-corrected chi connectivity index (χ4v) is 10.3. The van der Waals surface area contributed by atoms with E-state index in [-0.39, 0.29) is 5.41 Å². The summed E-state index contributed by atoms with van der Waals surface area (Å²) in [6, 6.07) is 70.2. The zero-order chi connectivity index (χ0) is 43.6. The molecule has 0 saturated carbocycles. The molecule has 0 spiro atoms. The van der Waals surface area contributed by atoms with E-state index in [1.165, 1.54) is 113 Å². The van der Waals surface area contributed by atoms with Gasteiger partial charge >= 0.3 is 0 Å². The van der Waals surface area contributed by atoms with Crippen molar-refractivity contribution in [2.45, 2.75) is 65.2 Å². The second-order valence-corrected chi connectivity index (χ2v) is 17.5. The number of pyridine rings is 2. The van der Waals surface area contributed by atoms with Crippen molar-refractivity contribution in [3.8, 4) is 67.0 Å². The first-order valence-corrected chi connectivity index (χ1v) is 23.3. The number of unbranched alkanes of at least 4 members (excludes halogenated alkanes) is 1. The standard InChI is InChI=1S/C62H56N2/c1-5-8-21-45-22-17-25-47(37-45)51-39-52(41-53(40-51)56-30-19-24-46-23-10-12-29-55(46)56)49-27-18-26-48(38-49)50-33-34-58-57(42-50)59-31-13-15-35-63(59)43-61(62(58,6-2)7-3)64-36-16-14-32-60(64)54-28-11-9-20-44(54)4/h9-20,22-43H,5-8,21H2,1-4H3/q+2. The Bertz CT molecular complexity index is 3190. The monoisotopic (exact) mass is 828 g/mol. The Labute approximate surface area is 379 Å². The molecule has 1 aliphatic heterocycles. The summed E-state index contributed by atoms with van der Waals surface area (Å²) in [5, 5.41) is 2.52. The SMILES string of the molecule is CCCCc1cccc(-c2cc(-c3cccc(-c4ccc5c(c4)-c4cccc[n+]4C=C([n+]4ccccc4-c4ccccc4C)C5(CC)CC)c3)cc(-c3cccc4ccccc34)c2)c1. The Morgan fingerprint density at radius 3 is 1.86 bits per heavy atom. The minimum absolute atomic E-state index is 0.252. The Morgan fingerprint density at radius 2 is 1.06 bits per heavy atom. The van der Waals surface area contributed by atoms with Gasteiger partial charge in [0, 0.05) is 29.8 Å². The lowest BCUT2D eigenvalue weighted by Crippen LogP contribution is -2.46. The van der Waals surface area contributed by atoms with Gasteiger partial charge in [-0.25, -0.2) is 0 Å². The minimum atomic E-state index is -0.252. The van der Waals surface area contributed by atoms with Crippen LogP contribution in [0.3, 0.4) is 0 Å². The van der Waals surface area contributed by atoms with Crippen molar-refractivity contribution in [3.05, 3.63) is 217 Å². The number of nitrogens with zero attached hydrogens (tertiary/aromatic N) is 2. The lowest BCUT2D eigenvalue weighted by Gasteiger charge is -2.30. The van der Waals surface area contributed by atoms with E-state index in [9.17, 15) is 0 Å². The number of hydrogen-bond donors (Lipinski definition) is 0. The summed E-state index contributed by atoms with van der Waals surface area (Å²) in [4.78, 5) is 0. The average Bonchev–Trinajstić information content (AvgIpc) is 3.48. The van der Waals surface area contributed by atoms with E-state index in [0.29, 0.717) is 0 Å². The first-order valence-electron chi connectivity index (χ1n) is 23.3. The van der Waals surface area contributed by atoms with Crippen molar-refractivity contribution in [1.29, 1.82) is 0 Å². The molecular formula is C62H56N2+2. The van der Waals surface area contributed by atoms with Crippen molar-refractivity contribution < 1.29 is 9.13 Å². The first-order chi connectivity index (χ1) is 31.5. The Kier molecular flexibility index (Phi) is 11.2. The van der Waals surface area contributed by atoms with Crippen LogP contribution < -0.4 is 9.13 Å². The highest BCUT2D eigenvalue weighted by Crippen LogP contribution is 2.47. The van der Waals surface area contributed by atoms with Gasteiger partial charge in [0.05, 0.1) is 11.0 Å². The fourth-order valence-electron chi connectivity index (χ4n) is 10.3. The maximum absolute atomic E-state index is 2.45. The number of hydrogen-bond acceptors (Lipinski definition) is 0. The van der Waals surface area contributed by atoms with Gasteiger partial charge in [-0.1, -0.05) is 142 Å². The van der Waals surface area contributed by atoms with E-state index in [4.69, 9.17) is 0 Å². The molecule has 0 amide bonds. The van der Waals surface area contributed by atoms with Gasteiger partial charge < -0.3 is 0 Å². The molecule has 64 heavy (non-hydrogen) atoms. The topological polar surface area (TPSA) is 7.76 Å². The molecule has 2 nitrogen and oxygen atoms in total.